The summed E-state index contributed by atoms with van der Waals surface area (Å²) in [5, 5.41) is 12.5. The van der Waals surface area contributed by atoms with E-state index < -0.39 is 36.0 Å². The van der Waals surface area contributed by atoms with Crippen LogP contribution in [0.4, 0.5) is 0 Å². The fourth-order valence-corrected chi connectivity index (χ4v) is 5.60. The average molecular weight is 627 g/mol. The number of carbonyl (C=O) groups excluding carboxylic acids is 1. The monoisotopic (exact) mass is 626 g/mol. The Morgan fingerprint density at radius 2 is 1.29 bits per heavy atom. The molecular formula is C38H58O7. The minimum atomic E-state index is -2.30. The van der Waals surface area contributed by atoms with Crippen molar-refractivity contribution < 1.29 is 33.6 Å². The Hall–Kier alpha value is -2.13. The number of unbranched alkanes of at least 4 members (excludes halogenated alkanes) is 4. The minimum Gasteiger partial charge on any atom is -0.379 e. The zero-order chi connectivity index (χ0) is 32.5. The summed E-state index contributed by atoms with van der Waals surface area (Å²) < 4.78 is 31.8. The lowest BCUT2D eigenvalue weighted by Gasteiger charge is -2.49. The van der Waals surface area contributed by atoms with Crippen LogP contribution < -0.4 is 0 Å². The van der Waals surface area contributed by atoms with Crippen molar-refractivity contribution in [1.29, 1.82) is 0 Å². The maximum absolute atomic E-state index is 14.6. The summed E-state index contributed by atoms with van der Waals surface area (Å²) in [5.41, 5.74) is 3.58. The topological polar surface area (TPSA) is 83.5 Å². The van der Waals surface area contributed by atoms with Gasteiger partial charge in [0.15, 0.2) is 0 Å². The van der Waals surface area contributed by atoms with Gasteiger partial charge in [0.2, 0.25) is 5.78 Å². The maximum atomic E-state index is 14.6. The molecule has 7 nitrogen and oxygen atoms in total. The molecule has 0 saturated carbocycles. The molecule has 2 aromatic rings. The second-order valence-corrected chi connectivity index (χ2v) is 12.1. The van der Waals surface area contributed by atoms with Crippen molar-refractivity contribution in [2.24, 2.45) is 0 Å². The number of ketones is 1. The van der Waals surface area contributed by atoms with E-state index in [1.54, 1.807) is 6.07 Å². The Morgan fingerprint density at radius 1 is 0.733 bits per heavy atom. The van der Waals surface area contributed by atoms with Crippen LogP contribution in [0, 0.1) is 0 Å². The van der Waals surface area contributed by atoms with Crippen molar-refractivity contribution >= 4 is 5.78 Å². The van der Waals surface area contributed by atoms with Gasteiger partial charge >= 0.3 is 0 Å². The van der Waals surface area contributed by atoms with Gasteiger partial charge in [-0.2, -0.15) is 0 Å². The normalized spacial score (nSPS) is 23.3. The minimum absolute atomic E-state index is 0.174. The molecule has 0 radical (unpaired) electrons. The first-order valence-corrected chi connectivity index (χ1v) is 17.5. The van der Waals surface area contributed by atoms with Crippen LogP contribution in [0.1, 0.15) is 113 Å². The molecule has 1 aliphatic heterocycles. The van der Waals surface area contributed by atoms with E-state index in [1.165, 1.54) is 5.56 Å². The summed E-state index contributed by atoms with van der Waals surface area (Å²) >= 11 is 0. The molecule has 1 fully saturated rings. The molecule has 1 aliphatic rings. The number of hydrogen-bond acceptors (Lipinski definition) is 7. The molecule has 5 atom stereocenters. The quantitative estimate of drug-likeness (QED) is 0.107. The van der Waals surface area contributed by atoms with Gasteiger partial charge in [0, 0.05) is 32.0 Å². The van der Waals surface area contributed by atoms with Crippen LogP contribution in [0.5, 0.6) is 0 Å². The molecule has 1 N–H and O–H groups in total. The Balaban J connectivity index is 2.04. The first-order valence-electron chi connectivity index (χ1n) is 17.5. The summed E-state index contributed by atoms with van der Waals surface area (Å²) in [6.45, 7) is 12.6. The van der Waals surface area contributed by atoms with Crippen molar-refractivity contribution in [3.63, 3.8) is 0 Å². The Labute approximate surface area is 271 Å². The third-order valence-corrected chi connectivity index (χ3v) is 8.45. The Kier molecular flexibility index (Phi) is 16.7. The summed E-state index contributed by atoms with van der Waals surface area (Å²) in [6.07, 6.45) is 5.65. The van der Waals surface area contributed by atoms with Crippen LogP contribution in [0.25, 0.3) is 0 Å². The fourth-order valence-electron chi connectivity index (χ4n) is 5.60. The zero-order valence-corrected chi connectivity index (χ0v) is 28.4. The van der Waals surface area contributed by atoms with Gasteiger partial charge in [-0.3, -0.25) is 4.79 Å². The van der Waals surface area contributed by atoms with E-state index in [2.05, 4.69) is 58.9 Å². The molecule has 0 spiro atoms. The van der Waals surface area contributed by atoms with Crippen molar-refractivity contribution in [3.8, 4) is 0 Å². The van der Waals surface area contributed by atoms with Crippen molar-refractivity contribution in [3.05, 3.63) is 70.8 Å². The summed E-state index contributed by atoms with van der Waals surface area (Å²) in [4.78, 5) is 14.6. The van der Waals surface area contributed by atoms with Crippen molar-refractivity contribution in [2.75, 3.05) is 33.0 Å². The van der Waals surface area contributed by atoms with Gasteiger partial charge in [-0.15, -0.1) is 0 Å². The van der Waals surface area contributed by atoms with Crippen LogP contribution in [-0.4, -0.2) is 74.1 Å². The first kappa shape index (κ1) is 37.3. The molecule has 0 aromatic heterocycles. The molecule has 45 heavy (non-hydrogen) atoms. The van der Waals surface area contributed by atoms with Crippen LogP contribution in [0.15, 0.2) is 48.5 Å². The van der Waals surface area contributed by atoms with Gasteiger partial charge in [-0.1, -0.05) is 109 Å². The first-order chi connectivity index (χ1) is 21.9. The van der Waals surface area contributed by atoms with E-state index in [0.717, 1.165) is 68.9 Å². The lowest BCUT2D eigenvalue weighted by Crippen LogP contribution is -2.70. The van der Waals surface area contributed by atoms with E-state index in [-0.39, 0.29) is 6.61 Å². The number of hydrogen-bond donors (Lipinski definition) is 1. The number of aryl methyl sites for hydroxylation is 1. The molecule has 7 heteroatoms. The largest absolute Gasteiger partial charge is 0.379 e. The van der Waals surface area contributed by atoms with Gasteiger partial charge in [-0.05, 0) is 55.2 Å². The third kappa shape index (κ3) is 10.7. The fraction of sp³-hybridized carbons (Fsp3) is 0.658. The average Bonchev–Trinajstić information content (AvgIpc) is 3.06. The molecule has 1 heterocycles. The standard InChI is InChI=1S/C38H58O7/c1-6-11-23-41-28-33-34(42-24-12-7-2)35(43-25-13-8-3)37(44-26-14-9-4)38(40,45-33)36(39)32-18-16-15-17-31(32)27-30-21-19-29(10-5)20-22-30/h15-22,33-35,37,40H,6-14,23-28H2,1-5H3/t33-,34-,35+,37-,38+/m1/s1. The Morgan fingerprint density at radius 3 is 1.91 bits per heavy atom. The Bertz CT molecular complexity index is 1100. The highest BCUT2D eigenvalue weighted by Crippen LogP contribution is 2.37. The van der Waals surface area contributed by atoms with E-state index >= 15 is 0 Å². The van der Waals surface area contributed by atoms with E-state index in [0.29, 0.717) is 38.4 Å². The highest BCUT2D eigenvalue weighted by atomic mass is 16.7. The molecule has 2 aromatic carbocycles. The number of rotatable bonds is 22. The van der Waals surface area contributed by atoms with Crippen molar-refractivity contribution in [2.45, 2.75) is 129 Å². The van der Waals surface area contributed by atoms with Crippen LogP contribution >= 0.6 is 0 Å². The molecular weight excluding hydrogens is 568 g/mol. The van der Waals surface area contributed by atoms with Crippen LogP contribution in [-0.2, 0) is 36.5 Å². The zero-order valence-electron chi connectivity index (χ0n) is 28.4. The molecule has 0 amide bonds. The van der Waals surface area contributed by atoms with Crippen LogP contribution in [0.3, 0.4) is 0 Å². The number of ether oxygens (including phenoxy) is 5. The number of aliphatic hydroxyl groups is 1. The van der Waals surface area contributed by atoms with Gasteiger partial charge in [0.1, 0.15) is 24.4 Å². The summed E-state index contributed by atoms with van der Waals surface area (Å²) in [7, 11) is 0. The lowest BCUT2D eigenvalue weighted by molar-refractivity contribution is -0.343. The van der Waals surface area contributed by atoms with Gasteiger partial charge < -0.3 is 28.8 Å². The molecule has 0 aliphatic carbocycles. The second-order valence-electron chi connectivity index (χ2n) is 12.1. The number of benzene rings is 2. The van der Waals surface area contributed by atoms with Crippen molar-refractivity contribution in [1.82, 2.24) is 0 Å². The maximum Gasteiger partial charge on any atom is 0.261 e. The second kappa shape index (κ2) is 20.2. The smallest absolute Gasteiger partial charge is 0.261 e. The van der Waals surface area contributed by atoms with Gasteiger partial charge in [0.25, 0.3) is 5.79 Å². The predicted octanol–water partition coefficient (Wildman–Crippen LogP) is 7.48. The van der Waals surface area contributed by atoms with E-state index in [9.17, 15) is 9.90 Å². The number of Topliss-reactive ketones (excluding diaryl/α,β-unsaturated/α-hetero) is 1. The van der Waals surface area contributed by atoms with E-state index in [4.69, 9.17) is 23.7 Å². The molecule has 252 valence electrons. The SMILES string of the molecule is CCCCOC[C@H]1O[C@@](O)(C(=O)c2ccccc2Cc2ccc(CC)cc2)[C@H](OCCCC)[C@@H](OCCCC)[C@@H]1OCCCC. The number of carbonyl (C=O) groups is 1. The molecule has 1 saturated heterocycles. The third-order valence-electron chi connectivity index (χ3n) is 8.45. The van der Waals surface area contributed by atoms with E-state index in [1.807, 2.05) is 18.2 Å². The molecule has 3 rings (SSSR count). The molecule has 0 unspecified atom stereocenters. The lowest BCUT2D eigenvalue weighted by atomic mass is 9.85. The van der Waals surface area contributed by atoms with Gasteiger partial charge in [-0.25, -0.2) is 0 Å². The highest BCUT2D eigenvalue weighted by molar-refractivity contribution is 6.03. The van der Waals surface area contributed by atoms with Crippen LogP contribution in [0.2, 0.25) is 0 Å². The summed E-state index contributed by atoms with van der Waals surface area (Å²) in [6, 6.07) is 15.9. The predicted molar refractivity (Wildman–Crippen MR) is 179 cm³/mol. The van der Waals surface area contributed by atoms with Gasteiger partial charge in [0.05, 0.1) is 6.61 Å². The summed E-state index contributed by atoms with van der Waals surface area (Å²) in [5.74, 6) is -2.82. The molecule has 0 bridgehead atoms. The highest BCUT2D eigenvalue weighted by Gasteiger charge is 2.60.